The van der Waals surface area contributed by atoms with Crippen molar-refractivity contribution in [1.29, 1.82) is 0 Å². The Balaban J connectivity index is 2.02. The molecule has 0 saturated carbocycles. The number of para-hydroxylation sites is 1. The lowest BCUT2D eigenvalue weighted by Crippen LogP contribution is -2.57. The van der Waals surface area contributed by atoms with Crippen molar-refractivity contribution in [2.45, 2.75) is 24.5 Å². The number of nitrogens with one attached hydrogen (secondary N) is 2. The van der Waals surface area contributed by atoms with Crippen molar-refractivity contribution in [2.24, 2.45) is 0 Å². The van der Waals surface area contributed by atoms with Gasteiger partial charge in [-0.25, -0.2) is 0 Å². The normalized spacial score (nSPS) is 25.6. The zero-order valence-electron chi connectivity index (χ0n) is 10.8. The number of anilines is 1. The minimum Gasteiger partial charge on any atom is -0.392 e. The zero-order chi connectivity index (χ0) is 13.3. The van der Waals surface area contributed by atoms with Gasteiger partial charge in [0.25, 0.3) is 0 Å². The molecule has 5 nitrogen and oxygen atoms in total. The Kier molecular flexibility index (Phi) is 3.16. The number of rotatable bonds is 2. The molecule has 3 N–H and O–H groups in total. The number of aliphatic hydroxyl groups excluding tert-OH is 1. The summed E-state index contributed by atoms with van der Waals surface area (Å²) in [6.45, 7) is 1.58. The molecule has 1 unspecified atom stereocenters. The summed E-state index contributed by atoms with van der Waals surface area (Å²) in [5, 5.41) is 15.8. The number of aliphatic hydroxyl groups is 1. The first-order valence-electron chi connectivity index (χ1n) is 6.75. The maximum atomic E-state index is 12.4. The molecule has 0 aliphatic carbocycles. The van der Waals surface area contributed by atoms with Gasteiger partial charge in [-0.2, -0.15) is 0 Å². The van der Waals surface area contributed by atoms with Gasteiger partial charge in [0.2, 0.25) is 5.91 Å². The fourth-order valence-electron chi connectivity index (χ4n) is 3.21. The molecule has 5 heteroatoms. The highest BCUT2D eigenvalue weighted by molar-refractivity contribution is 5.94. The molecule has 1 spiro atoms. The van der Waals surface area contributed by atoms with E-state index in [1.165, 1.54) is 0 Å². The number of carbonyl (C=O) groups excluding carboxylic acids is 1. The maximum Gasteiger partial charge on any atom is 0.247 e. The SMILES string of the molecule is O=C1NC(CO)N(c2ccccc2)C12CCNCC2. The second-order valence-electron chi connectivity index (χ2n) is 5.16. The van der Waals surface area contributed by atoms with Crippen LogP contribution in [0.25, 0.3) is 0 Å². The number of amides is 1. The second-order valence-corrected chi connectivity index (χ2v) is 5.16. The summed E-state index contributed by atoms with van der Waals surface area (Å²) in [5.41, 5.74) is 0.474. The molecule has 19 heavy (non-hydrogen) atoms. The molecule has 2 aliphatic rings. The lowest BCUT2D eigenvalue weighted by molar-refractivity contribution is -0.124. The predicted molar refractivity (Wildman–Crippen MR) is 72.8 cm³/mol. The molecule has 0 aromatic heterocycles. The van der Waals surface area contributed by atoms with E-state index in [2.05, 4.69) is 15.5 Å². The predicted octanol–water partition coefficient (Wildman–Crippen LogP) is 0.0634. The van der Waals surface area contributed by atoms with Gasteiger partial charge in [-0.1, -0.05) is 18.2 Å². The van der Waals surface area contributed by atoms with E-state index < -0.39 is 5.54 Å². The Morgan fingerprint density at radius 2 is 1.95 bits per heavy atom. The molecule has 0 radical (unpaired) electrons. The van der Waals surface area contributed by atoms with Crippen LogP contribution in [0.2, 0.25) is 0 Å². The van der Waals surface area contributed by atoms with Gasteiger partial charge in [-0.3, -0.25) is 4.79 Å². The van der Waals surface area contributed by atoms with E-state index >= 15 is 0 Å². The molecule has 2 fully saturated rings. The van der Waals surface area contributed by atoms with Crippen molar-refractivity contribution in [3.63, 3.8) is 0 Å². The van der Waals surface area contributed by atoms with Crippen LogP contribution in [-0.2, 0) is 4.79 Å². The van der Waals surface area contributed by atoms with E-state index in [-0.39, 0.29) is 18.7 Å². The molecular formula is C14H19N3O2. The summed E-state index contributed by atoms with van der Waals surface area (Å²) in [6.07, 6.45) is 1.21. The highest BCUT2D eigenvalue weighted by atomic mass is 16.3. The van der Waals surface area contributed by atoms with Gasteiger partial charge in [-0.15, -0.1) is 0 Å². The van der Waals surface area contributed by atoms with Crippen molar-refractivity contribution < 1.29 is 9.90 Å². The molecule has 2 aliphatic heterocycles. The van der Waals surface area contributed by atoms with Crippen LogP contribution >= 0.6 is 0 Å². The molecule has 1 aromatic carbocycles. The quantitative estimate of drug-likeness (QED) is 0.704. The van der Waals surface area contributed by atoms with Crippen molar-refractivity contribution in [2.75, 3.05) is 24.6 Å². The molecule has 1 aromatic rings. The van der Waals surface area contributed by atoms with Gasteiger partial charge in [0.05, 0.1) is 6.61 Å². The summed E-state index contributed by atoms with van der Waals surface area (Å²) in [4.78, 5) is 14.5. The number of hydrogen-bond acceptors (Lipinski definition) is 4. The zero-order valence-corrected chi connectivity index (χ0v) is 10.8. The van der Waals surface area contributed by atoms with Gasteiger partial charge in [-0.05, 0) is 38.1 Å². The average molecular weight is 261 g/mol. The van der Waals surface area contributed by atoms with Crippen molar-refractivity contribution in [3.8, 4) is 0 Å². The van der Waals surface area contributed by atoms with E-state index in [0.717, 1.165) is 31.6 Å². The molecule has 2 heterocycles. The van der Waals surface area contributed by atoms with Gasteiger partial charge in [0, 0.05) is 5.69 Å². The number of benzene rings is 1. The van der Waals surface area contributed by atoms with Crippen molar-refractivity contribution in [1.82, 2.24) is 10.6 Å². The molecule has 1 atom stereocenters. The Labute approximate surface area is 112 Å². The third-order valence-corrected chi connectivity index (χ3v) is 4.13. The first-order valence-corrected chi connectivity index (χ1v) is 6.75. The van der Waals surface area contributed by atoms with Crippen LogP contribution in [0.3, 0.4) is 0 Å². The molecular weight excluding hydrogens is 242 g/mol. The van der Waals surface area contributed by atoms with Crippen LogP contribution in [-0.4, -0.2) is 42.4 Å². The fourth-order valence-corrected chi connectivity index (χ4v) is 3.21. The molecule has 3 rings (SSSR count). The average Bonchev–Trinajstić information content (AvgIpc) is 2.73. The Bertz CT molecular complexity index is 457. The van der Waals surface area contributed by atoms with E-state index in [0.29, 0.717) is 0 Å². The lowest BCUT2D eigenvalue weighted by atomic mass is 9.86. The summed E-state index contributed by atoms with van der Waals surface area (Å²) in [7, 11) is 0. The number of nitrogens with zero attached hydrogens (tertiary/aromatic N) is 1. The Morgan fingerprint density at radius 1 is 1.26 bits per heavy atom. The van der Waals surface area contributed by atoms with Crippen molar-refractivity contribution in [3.05, 3.63) is 30.3 Å². The minimum atomic E-state index is -0.514. The van der Waals surface area contributed by atoms with Crippen LogP contribution in [0.5, 0.6) is 0 Å². The first kappa shape index (κ1) is 12.4. The van der Waals surface area contributed by atoms with Crippen LogP contribution < -0.4 is 15.5 Å². The third-order valence-electron chi connectivity index (χ3n) is 4.13. The summed E-state index contributed by atoms with van der Waals surface area (Å²) in [5.74, 6) is 0.0388. The van der Waals surface area contributed by atoms with Gasteiger partial charge >= 0.3 is 0 Å². The van der Waals surface area contributed by atoms with Crippen LogP contribution in [0.1, 0.15) is 12.8 Å². The van der Waals surface area contributed by atoms with Crippen LogP contribution in [0, 0.1) is 0 Å². The summed E-state index contributed by atoms with van der Waals surface area (Å²) < 4.78 is 0. The van der Waals surface area contributed by atoms with Gasteiger partial charge in [0.15, 0.2) is 0 Å². The Morgan fingerprint density at radius 3 is 2.58 bits per heavy atom. The molecule has 0 bridgehead atoms. The van der Waals surface area contributed by atoms with Crippen LogP contribution in [0.4, 0.5) is 5.69 Å². The fraction of sp³-hybridized carbons (Fsp3) is 0.500. The highest BCUT2D eigenvalue weighted by Gasteiger charge is 2.53. The minimum absolute atomic E-state index is 0.0388. The van der Waals surface area contributed by atoms with Gasteiger partial charge < -0.3 is 20.6 Å². The number of hydrogen-bond donors (Lipinski definition) is 3. The van der Waals surface area contributed by atoms with Crippen LogP contribution in [0.15, 0.2) is 30.3 Å². The largest absolute Gasteiger partial charge is 0.392 e. The van der Waals surface area contributed by atoms with E-state index in [1.807, 2.05) is 30.3 Å². The monoisotopic (exact) mass is 261 g/mol. The number of piperidine rings is 1. The molecule has 102 valence electrons. The summed E-state index contributed by atoms with van der Waals surface area (Å²) >= 11 is 0. The second kappa shape index (κ2) is 4.83. The smallest absolute Gasteiger partial charge is 0.247 e. The Hall–Kier alpha value is -1.59. The first-order chi connectivity index (χ1) is 9.28. The third kappa shape index (κ3) is 1.89. The number of carbonyl (C=O) groups is 1. The van der Waals surface area contributed by atoms with Gasteiger partial charge in [0.1, 0.15) is 11.7 Å². The topological polar surface area (TPSA) is 64.6 Å². The van der Waals surface area contributed by atoms with Crippen molar-refractivity contribution >= 4 is 11.6 Å². The lowest BCUT2D eigenvalue weighted by Gasteiger charge is -2.42. The van der Waals surface area contributed by atoms with E-state index in [4.69, 9.17) is 0 Å². The molecule has 2 saturated heterocycles. The summed E-state index contributed by atoms with van der Waals surface area (Å²) in [6, 6.07) is 9.86. The standard InChI is InChI=1S/C14H19N3O2/c18-10-12-16-13(19)14(6-8-15-9-7-14)17(12)11-4-2-1-3-5-11/h1-5,12,15,18H,6-10H2,(H,16,19). The van der Waals surface area contributed by atoms with E-state index in [9.17, 15) is 9.90 Å². The highest BCUT2D eigenvalue weighted by Crippen LogP contribution is 2.36. The maximum absolute atomic E-state index is 12.4. The van der Waals surface area contributed by atoms with E-state index in [1.54, 1.807) is 0 Å². The molecule has 1 amide bonds.